The minimum Gasteiger partial charge on any atom is -0.334 e. The van der Waals surface area contributed by atoms with Gasteiger partial charge in [0.25, 0.3) is 0 Å². The van der Waals surface area contributed by atoms with Gasteiger partial charge in [0.2, 0.25) is 0 Å². The van der Waals surface area contributed by atoms with E-state index in [4.69, 9.17) is 0 Å². The zero-order valence-corrected chi connectivity index (χ0v) is 13.1. The molecule has 3 heteroatoms. The lowest BCUT2D eigenvalue weighted by atomic mass is 10.1. The van der Waals surface area contributed by atoms with Crippen molar-refractivity contribution in [3.8, 4) is 0 Å². The van der Waals surface area contributed by atoms with Crippen LogP contribution in [0.1, 0.15) is 27.8 Å². The molecule has 0 aliphatic rings. The fourth-order valence-electron chi connectivity index (χ4n) is 2.27. The van der Waals surface area contributed by atoms with Crippen LogP contribution in [0.2, 0.25) is 0 Å². The maximum atomic E-state index is 12.0. The second-order valence-electron chi connectivity index (χ2n) is 5.49. The Hall–Kier alpha value is -2.29. The van der Waals surface area contributed by atoms with Gasteiger partial charge in [-0.1, -0.05) is 36.4 Å². The van der Waals surface area contributed by atoms with Gasteiger partial charge in [0.05, 0.1) is 0 Å². The number of hydrogen-bond donors (Lipinski definition) is 2. The van der Waals surface area contributed by atoms with E-state index in [9.17, 15) is 4.79 Å². The molecule has 2 amide bonds. The van der Waals surface area contributed by atoms with Crippen molar-refractivity contribution >= 4 is 11.7 Å². The molecule has 0 heterocycles. The number of rotatable bonds is 3. The van der Waals surface area contributed by atoms with Crippen LogP contribution < -0.4 is 10.6 Å². The first-order valence-electron chi connectivity index (χ1n) is 7.14. The zero-order chi connectivity index (χ0) is 15.4. The molecule has 2 aromatic carbocycles. The third-order valence-corrected chi connectivity index (χ3v) is 3.74. The first kappa shape index (κ1) is 15.1. The predicted octanol–water partition coefficient (Wildman–Crippen LogP) is 4.24. The standard InChI is InChI=1S/C18H22N2O/c1-12-8-9-16(10-15(12)4)11-19-18(21)20-17-13(2)6-5-7-14(17)3/h5-10H,11H2,1-4H3,(H2,19,20,21). The first-order valence-corrected chi connectivity index (χ1v) is 7.14. The molecule has 0 aromatic heterocycles. The third-order valence-electron chi connectivity index (χ3n) is 3.74. The van der Waals surface area contributed by atoms with E-state index in [1.165, 1.54) is 11.1 Å². The van der Waals surface area contributed by atoms with Crippen LogP contribution in [-0.2, 0) is 6.54 Å². The van der Waals surface area contributed by atoms with E-state index in [1.54, 1.807) is 0 Å². The Labute approximate surface area is 126 Å². The Bertz CT molecular complexity index is 642. The van der Waals surface area contributed by atoms with Gasteiger partial charge in [0.15, 0.2) is 0 Å². The van der Waals surface area contributed by atoms with Crippen LogP contribution in [-0.4, -0.2) is 6.03 Å². The molecule has 2 N–H and O–H groups in total. The number of amides is 2. The van der Waals surface area contributed by atoms with Gasteiger partial charge < -0.3 is 10.6 Å². The minimum atomic E-state index is -0.175. The lowest BCUT2D eigenvalue weighted by molar-refractivity contribution is 0.251. The van der Waals surface area contributed by atoms with Gasteiger partial charge in [-0.25, -0.2) is 4.79 Å². The molecular weight excluding hydrogens is 260 g/mol. The predicted molar refractivity (Wildman–Crippen MR) is 87.7 cm³/mol. The first-order chi connectivity index (χ1) is 9.97. The van der Waals surface area contributed by atoms with Crippen LogP contribution in [0.15, 0.2) is 36.4 Å². The highest BCUT2D eigenvalue weighted by Crippen LogP contribution is 2.19. The molecule has 0 saturated carbocycles. The highest BCUT2D eigenvalue weighted by Gasteiger charge is 2.06. The lowest BCUT2D eigenvalue weighted by Crippen LogP contribution is -2.28. The summed E-state index contributed by atoms with van der Waals surface area (Å²) in [6.07, 6.45) is 0. The number of benzene rings is 2. The van der Waals surface area contributed by atoms with E-state index in [-0.39, 0.29) is 6.03 Å². The number of urea groups is 1. The quantitative estimate of drug-likeness (QED) is 0.868. The maximum Gasteiger partial charge on any atom is 0.319 e. The smallest absolute Gasteiger partial charge is 0.319 e. The second kappa shape index (κ2) is 6.44. The monoisotopic (exact) mass is 282 g/mol. The van der Waals surface area contributed by atoms with Gasteiger partial charge in [-0.15, -0.1) is 0 Å². The normalized spacial score (nSPS) is 10.3. The van der Waals surface area contributed by atoms with Crippen molar-refractivity contribution in [3.63, 3.8) is 0 Å². The summed E-state index contributed by atoms with van der Waals surface area (Å²) in [5, 5.41) is 5.82. The summed E-state index contributed by atoms with van der Waals surface area (Å²) in [5.74, 6) is 0. The van der Waals surface area contributed by atoms with E-state index in [0.29, 0.717) is 6.54 Å². The van der Waals surface area contributed by atoms with Gasteiger partial charge in [0, 0.05) is 12.2 Å². The van der Waals surface area contributed by atoms with Gasteiger partial charge in [-0.2, -0.15) is 0 Å². The van der Waals surface area contributed by atoms with Crippen LogP contribution in [0.4, 0.5) is 10.5 Å². The Morgan fingerprint density at radius 2 is 1.57 bits per heavy atom. The fourth-order valence-corrected chi connectivity index (χ4v) is 2.27. The number of aryl methyl sites for hydroxylation is 4. The van der Waals surface area contributed by atoms with Crippen molar-refractivity contribution in [1.82, 2.24) is 5.32 Å². The molecule has 0 unspecified atom stereocenters. The topological polar surface area (TPSA) is 41.1 Å². The summed E-state index contributed by atoms with van der Waals surface area (Å²) in [6, 6.07) is 12.0. The Kier molecular flexibility index (Phi) is 4.63. The van der Waals surface area contributed by atoms with Crippen molar-refractivity contribution < 1.29 is 4.79 Å². The van der Waals surface area contributed by atoms with Gasteiger partial charge >= 0.3 is 6.03 Å². The van der Waals surface area contributed by atoms with Crippen LogP contribution in [0.3, 0.4) is 0 Å². The van der Waals surface area contributed by atoms with Crippen molar-refractivity contribution in [3.05, 3.63) is 64.2 Å². The van der Waals surface area contributed by atoms with Crippen molar-refractivity contribution in [2.45, 2.75) is 34.2 Å². The van der Waals surface area contributed by atoms with Crippen LogP contribution in [0.25, 0.3) is 0 Å². The molecule has 110 valence electrons. The molecule has 21 heavy (non-hydrogen) atoms. The molecule has 0 bridgehead atoms. The molecule has 0 fully saturated rings. The number of nitrogens with one attached hydrogen (secondary N) is 2. The van der Waals surface area contributed by atoms with E-state index >= 15 is 0 Å². The molecule has 2 rings (SSSR count). The van der Waals surface area contributed by atoms with Crippen molar-refractivity contribution in [2.24, 2.45) is 0 Å². The van der Waals surface area contributed by atoms with Crippen LogP contribution in [0, 0.1) is 27.7 Å². The summed E-state index contributed by atoms with van der Waals surface area (Å²) in [5.41, 5.74) is 6.63. The zero-order valence-electron chi connectivity index (χ0n) is 13.1. The molecule has 2 aromatic rings. The third kappa shape index (κ3) is 3.85. The number of para-hydroxylation sites is 1. The molecule has 0 radical (unpaired) electrons. The summed E-state index contributed by atoms with van der Waals surface area (Å²) in [6.45, 7) is 8.67. The summed E-state index contributed by atoms with van der Waals surface area (Å²) in [7, 11) is 0. The van der Waals surface area contributed by atoms with Gasteiger partial charge in [-0.05, 0) is 55.5 Å². The maximum absolute atomic E-state index is 12.0. The molecule has 0 saturated heterocycles. The summed E-state index contributed by atoms with van der Waals surface area (Å²) in [4.78, 5) is 12.0. The average molecular weight is 282 g/mol. The molecule has 0 aliphatic carbocycles. The fraction of sp³-hybridized carbons (Fsp3) is 0.278. The molecule has 3 nitrogen and oxygen atoms in total. The van der Waals surface area contributed by atoms with E-state index in [1.807, 2.05) is 38.1 Å². The lowest BCUT2D eigenvalue weighted by Gasteiger charge is -2.13. The summed E-state index contributed by atoms with van der Waals surface area (Å²) < 4.78 is 0. The SMILES string of the molecule is Cc1ccc(CNC(=O)Nc2c(C)cccc2C)cc1C. The van der Waals surface area contributed by atoms with Crippen molar-refractivity contribution in [1.29, 1.82) is 0 Å². The Balaban J connectivity index is 1.97. The Morgan fingerprint density at radius 3 is 2.19 bits per heavy atom. The largest absolute Gasteiger partial charge is 0.334 e. The van der Waals surface area contributed by atoms with E-state index in [2.05, 4.69) is 36.6 Å². The van der Waals surface area contributed by atoms with E-state index < -0.39 is 0 Å². The molecule has 0 spiro atoms. The molecular formula is C18H22N2O. The molecule has 0 aliphatic heterocycles. The van der Waals surface area contributed by atoms with Gasteiger partial charge in [0.1, 0.15) is 0 Å². The van der Waals surface area contributed by atoms with Crippen molar-refractivity contribution in [2.75, 3.05) is 5.32 Å². The minimum absolute atomic E-state index is 0.175. The molecule has 0 atom stereocenters. The average Bonchev–Trinajstić information content (AvgIpc) is 2.44. The number of anilines is 1. The number of carbonyl (C=O) groups excluding carboxylic acids is 1. The van der Waals surface area contributed by atoms with Gasteiger partial charge in [-0.3, -0.25) is 0 Å². The van der Waals surface area contributed by atoms with Crippen LogP contribution >= 0.6 is 0 Å². The highest BCUT2D eigenvalue weighted by molar-refractivity contribution is 5.90. The Morgan fingerprint density at radius 1 is 0.905 bits per heavy atom. The highest BCUT2D eigenvalue weighted by atomic mass is 16.2. The number of hydrogen-bond acceptors (Lipinski definition) is 1. The number of carbonyl (C=O) groups is 1. The second-order valence-corrected chi connectivity index (χ2v) is 5.49. The van der Waals surface area contributed by atoms with Crippen LogP contribution in [0.5, 0.6) is 0 Å². The van der Waals surface area contributed by atoms with E-state index in [0.717, 1.165) is 22.4 Å². The summed E-state index contributed by atoms with van der Waals surface area (Å²) >= 11 is 0.